The fourth-order valence-electron chi connectivity index (χ4n) is 2.13. The van der Waals surface area contributed by atoms with Crippen molar-refractivity contribution in [1.29, 1.82) is 0 Å². The topological polar surface area (TPSA) is 29.3 Å². The van der Waals surface area contributed by atoms with Crippen molar-refractivity contribution >= 4 is 28.8 Å². The molecule has 4 heteroatoms. The zero-order valence-corrected chi connectivity index (χ0v) is 14.2. The fourth-order valence-corrected chi connectivity index (χ4v) is 2.50. The Morgan fingerprint density at radius 1 is 1.35 bits per heavy atom. The molecule has 2 nitrogen and oxygen atoms in total. The Hall–Kier alpha value is -0.640. The molecule has 0 amide bonds. The number of unbranched alkanes of at least 4 members (excludes halogenated alkanes) is 2. The molecular formula is C16H25ClN2S. The lowest BCUT2D eigenvalue weighted by atomic mass is 10.1. The lowest BCUT2D eigenvalue weighted by molar-refractivity contribution is 0.208. The van der Waals surface area contributed by atoms with Gasteiger partial charge >= 0.3 is 0 Å². The predicted octanol–water partition coefficient (Wildman–Crippen LogP) is 4.37. The Kier molecular flexibility index (Phi) is 7.49. The van der Waals surface area contributed by atoms with Crippen molar-refractivity contribution in [1.82, 2.24) is 4.90 Å². The van der Waals surface area contributed by atoms with Gasteiger partial charge in [-0.15, -0.1) is 0 Å². The molecule has 0 atom stereocenters. The Labute approximate surface area is 133 Å². The minimum absolute atomic E-state index is 0.391. The number of hydrogen-bond donors (Lipinski definition) is 1. The lowest BCUT2D eigenvalue weighted by Crippen LogP contribution is -2.31. The Morgan fingerprint density at radius 2 is 2.05 bits per heavy atom. The molecule has 0 heterocycles. The summed E-state index contributed by atoms with van der Waals surface area (Å²) in [6.07, 6.45) is 3.75. The number of thiocarbonyl (C=S) groups is 1. The summed E-state index contributed by atoms with van der Waals surface area (Å²) in [5.41, 5.74) is 7.59. The lowest BCUT2D eigenvalue weighted by Gasteiger charge is -2.27. The van der Waals surface area contributed by atoms with E-state index in [1.54, 1.807) is 0 Å². The van der Waals surface area contributed by atoms with E-state index in [0.717, 1.165) is 29.2 Å². The Morgan fingerprint density at radius 3 is 2.55 bits per heavy atom. The van der Waals surface area contributed by atoms with Gasteiger partial charge in [0, 0.05) is 23.2 Å². The number of benzene rings is 1. The van der Waals surface area contributed by atoms with E-state index in [9.17, 15) is 0 Å². The van der Waals surface area contributed by atoms with E-state index in [1.165, 1.54) is 19.3 Å². The first-order valence-corrected chi connectivity index (χ1v) is 8.06. The molecule has 1 aromatic carbocycles. The Bertz CT molecular complexity index is 446. The summed E-state index contributed by atoms with van der Waals surface area (Å²) >= 11 is 11.3. The SMILES string of the molecule is CCCCCN(Cc1ccc(C(N)=S)cc1Cl)C(C)C. The maximum atomic E-state index is 6.34. The number of hydrogen-bond acceptors (Lipinski definition) is 2. The van der Waals surface area contributed by atoms with Crippen molar-refractivity contribution < 1.29 is 0 Å². The van der Waals surface area contributed by atoms with E-state index in [4.69, 9.17) is 29.6 Å². The molecule has 0 radical (unpaired) electrons. The van der Waals surface area contributed by atoms with Crippen molar-refractivity contribution in [3.63, 3.8) is 0 Å². The van der Waals surface area contributed by atoms with Crippen LogP contribution in [0.5, 0.6) is 0 Å². The molecule has 0 spiro atoms. The molecule has 0 aliphatic heterocycles. The van der Waals surface area contributed by atoms with Crippen molar-refractivity contribution in [2.75, 3.05) is 6.54 Å². The normalized spacial score (nSPS) is 11.3. The minimum Gasteiger partial charge on any atom is -0.389 e. The highest BCUT2D eigenvalue weighted by atomic mass is 35.5. The highest BCUT2D eigenvalue weighted by Crippen LogP contribution is 2.21. The summed E-state index contributed by atoms with van der Waals surface area (Å²) in [5, 5.41) is 0.747. The van der Waals surface area contributed by atoms with Gasteiger partial charge in [0.15, 0.2) is 0 Å². The average molecular weight is 313 g/mol. The molecule has 0 unspecified atom stereocenters. The van der Waals surface area contributed by atoms with Crippen molar-refractivity contribution in [2.24, 2.45) is 5.73 Å². The van der Waals surface area contributed by atoms with Gasteiger partial charge in [-0.2, -0.15) is 0 Å². The maximum Gasteiger partial charge on any atom is 0.104 e. The third kappa shape index (κ3) is 5.39. The Balaban J connectivity index is 2.75. The quantitative estimate of drug-likeness (QED) is 0.571. The predicted molar refractivity (Wildman–Crippen MR) is 92.4 cm³/mol. The van der Waals surface area contributed by atoms with E-state index in [-0.39, 0.29) is 0 Å². The maximum absolute atomic E-state index is 6.34. The average Bonchev–Trinajstić information content (AvgIpc) is 2.39. The summed E-state index contributed by atoms with van der Waals surface area (Å²) < 4.78 is 0. The van der Waals surface area contributed by atoms with E-state index >= 15 is 0 Å². The largest absolute Gasteiger partial charge is 0.389 e. The van der Waals surface area contributed by atoms with Crippen LogP contribution in [0.4, 0.5) is 0 Å². The number of rotatable bonds is 8. The first-order chi connectivity index (χ1) is 9.45. The summed E-state index contributed by atoms with van der Waals surface area (Å²) in [4.78, 5) is 2.85. The number of nitrogens with zero attached hydrogens (tertiary/aromatic N) is 1. The van der Waals surface area contributed by atoms with Gasteiger partial charge in [-0.25, -0.2) is 0 Å². The molecule has 0 saturated heterocycles. The monoisotopic (exact) mass is 312 g/mol. The second-order valence-corrected chi connectivity index (χ2v) is 6.29. The summed E-state index contributed by atoms with van der Waals surface area (Å²) in [6.45, 7) is 8.66. The smallest absolute Gasteiger partial charge is 0.104 e. The van der Waals surface area contributed by atoms with Crippen LogP contribution >= 0.6 is 23.8 Å². The molecule has 112 valence electrons. The van der Waals surface area contributed by atoms with Gasteiger partial charge in [0.05, 0.1) is 0 Å². The summed E-state index contributed by atoms with van der Waals surface area (Å²) in [7, 11) is 0. The summed E-state index contributed by atoms with van der Waals surface area (Å²) in [6, 6.07) is 6.36. The van der Waals surface area contributed by atoms with E-state index in [1.807, 2.05) is 18.2 Å². The molecule has 2 N–H and O–H groups in total. The minimum atomic E-state index is 0.391. The van der Waals surface area contributed by atoms with Crippen LogP contribution in [0.3, 0.4) is 0 Å². The van der Waals surface area contributed by atoms with E-state index in [2.05, 4.69) is 25.7 Å². The van der Waals surface area contributed by atoms with Gasteiger partial charge < -0.3 is 5.73 Å². The standard InChI is InChI=1S/C16H25ClN2S/c1-4-5-6-9-19(12(2)3)11-14-8-7-13(16(18)20)10-15(14)17/h7-8,10,12H,4-6,9,11H2,1-3H3,(H2,18,20). The van der Waals surface area contributed by atoms with Crippen LogP contribution in [0.25, 0.3) is 0 Å². The zero-order valence-electron chi connectivity index (χ0n) is 12.7. The molecule has 0 saturated carbocycles. The number of halogens is 1. The zero-order chi connectivity index (χ0) is 15.1. The van der Waals surface area contributed by atoms with Gasteiger partial charge in [0.1, 0.15) is 4.99 Å². The molecule has 0 aliphatic rings. The molecule has 0 fully saturated rings. The third-order valence-electron chi connectivity index (χ3n) is 3.49. The first kappa shape index (κ1) is 17.4. The van der Waals surface area contributed by atoms with Crippen LogP contribution in [-0.4, -0.2) is 22.5 Å². The van der Waals surface area contributed by atoms with Gasteiger partial charge in [-0.1, -0.05) is 55.7 Å². The molecule has 0 aliphatic carbocycles. The third-order valence-corrected chi connectivity index (χ3v) is 4.08. The molecule has 1 rings (SSSR count). The van der Waals surface area contributed by atoms with Crippen molar-refractivity contribution in [3.8, 4) is 0 Å². The molecule has 0 aromatic heterocycles. The van der Waals surface area contributed by atoms with Crippen LogP contribution in [-0.2, 0) is 6.54 Å². The first-order valence-electron chi connectivity index (χ1n) is 7.28. The van der Waals surface area contributed by atoms with Crippen LogP contribution in [0.1, 0.15) is 51.2 Å². The molecule has 1 aromatic rings. The number of nitrogens with two attached hydrogens (primary N) is 1. The van der Waals surface area contributed by atoms with Gasteiger partial charge in [0.25, 0.3) is 0 Å². The van der Waals surface area contributed by atoms with Gasteiger partial charge in [-0.05, 0) is 38.4 Å². The van der Waals surface area contributed by atoms with Crippen LogP contribution in [0.2, 0.25) is 5.02 Å². The van der Waals surface area contributed by atoms with Crippen LogP contribution < -0.4 is 5.73 Å². The van der Waals surface area contributed by atoms with E-state index < -0.39 is 0 Å². The van der Waals surface area contributed by atoms with Crippen LogP contribution in [0, 0.1) is 0 Å². The van der Waals surface area contributed by atoms with Crippen molar-refractivity contribution in [3.05, 3.63) is 34.3 Å². The second kappa shape index (κ2) is 8.60. The van der Waals surface area contributed by atoms with Crippen molar-refractivity contribution in [2.45, 2.75) is 52.6 Å². The van der Waals surface area contributed by atoms with Crippen LogP contribution in [0.15, 0.2) is 18.2 Å². The van der Waals surface area contributed by atoms with Gasteiger partial charge in [-0.3, -0.25) is 4.90 Å². The summed E-state index contributed by atoms with van der Waals surface area (Å²) in [5.74, 6) is 0. The van der Waals surface area contributed by atoms with Gasteiger partial charge in [0.2, 0.25) is 0 Å². The molecule has 20 heavy (non-hydrogen) atoms. The fraction of sp³-hybridized carbons (Fsp3) is 0.562. The van der Waals surface area contributed by atoms with E-state index in [0.29, 0.717) is 11.0 Å². The highest BCUT2D eigenvalue weighted by molar-refractivity contribution is 7.80. The molecular weight excluding hydrogens is 288 g/mol. The second-order valence-electron chi connectivity index (χ2n) is 5.44. The molecule has 0 bridgehead atoms. The highest BCUT2D eigenvalue weighted by Gasteiger charge is 2.12.